The molecule has 1 aromatic carbocycles. The van der Waals surface area contributed by atoms with Crippen LogP contribution in [0, 0.1) is 29.5 Å². The van der Waals surface area contributed by atoms with Gasteiger partial charge in [0, 0.05) is 11.5 Å². The lowest BCUT2D eigenvalue weighted by Crippen LogP contribution is -2.37. The van der Waals surface area contributed by atoms with E-state index in [4.69, 9.17) is 23.2 Å². The molecule has 0 radical (unpaired) electrons. The molecular formula is C19H22Cl2FNO. The van der Waals surface area contributed by atoms with Crippen molar-refractivity contribution in [1.82, 2.24) is 5.32 Å². The Labute approximate surface area is 152 Å². The molecule has 0 heterocycles. The monoisotopic (exact) mass is 369 g/mol. The lowest BCUT2D eigenvalue weighted by Gasteiger charge is -2.29. The molecule has 3 fully saturated rings. The zero-order chi connectivity index (χ0) is 16.8. The van der Waals surface area contributed by atoms with Gasteiger partial charge in [-0.05, 0) is 62.0 Å². The Bertz CT molecular complexity index is 649. The van der Waals surface area contributed by atoms with E-state index in [1.165, 1.54) is 18.6 Å². The normalized spacial score (nSPS) is 30.2. The van der Waals surface area contributed by atoms with Gasteiger partial charge in [0.1, 0.15) is 5.82 Å². The fourth-order valence-corrected chi connectivity index (χ4v) is 5.18. The minimum atomic E-state index is -0.373. The van der Waals surface area contributed by atoms with Gasteiger partial charge in [-0.25, -0.2) is 4.39 Å². The molecule has 0 bridgehead atoms. The number of hydrogen-bond donors (Lipinski definition) is 1. The van der Waals surface area contributed by atoms with Gasteiger partial charge in [-0.2, -0.15) is 0 Å². The molecule has 0 spiro atoms. The highest BCUT2D eigenvalue weighted by molar-refractivity contribution is 6.42. The Kier molecular flexibility index (Phi) is 4.51. The Morgan fingerprint density at radius 1 is 1.12 bits per heavy atom. The Balaban J connectivity index is 1.63. The molecule has 2 nitrogen and oxygen atoms in total. The lowest BCUT2D eigenvalue weighted by molar-refractivity contribution is -0.126. The number of fused-ring (bicyclic) bond motifs is 1. The topological polar surface area (TPSA) is 29.1 Å². The second kappa shape index (κ2) is 6.49. The lowest BCUT2D eigenvalue weighted by atomic mass is 9.88. The van der Waals surface area contributed by atoms with Crippen molar-refractivity contribution < 1.29 is 9.18 Å². The molecular weight excluding hydrogens is 348 g/mol. The van der Waals surface area contributed by atoms with Crippen LogP contribution in [0.5, 0.6) is 0 Å². The summed E-state index contributed by atoms with van der Waals surface area (Å²) in [5.41, 5.74) is 0.377. The van der Waals surface area contributed by atoms with Gasteiger partial charge in [0.25, 0.3) is 0 Å². The van der Waals surface area contributed by atoms with Gasteiger partial charge >= 0.3 is 0 Å². The highest BCUT2D eigenvalue weighted by Gasteiger charge is 2.49. The summed E-state index contributed by atoms with van der Waals surface area (Å²) in [6, 6.07) is 2.47. The van der Waals surface area contributed by atoms with E-state index >= 15 is 0 Å². The van der Waals surface area contributed by atoms with Gasteiger partial charge in [0.05, 0.1) is 16.1 Å². The van der Waals surface area contributed by atoms with Crippen molar-refractivity contribution in [3.8, 4) is 0 Å². The summed E-state index contributed by atoms with van der Waals surface area (Å²) >= 11 is 12.5. The smallest absolute Gasteiger partial charge is 0.223 e. The van der Waals surface area contributed by atoms with Crippen LogP contribution in [0.1, 0.15) is 56.6 Å². The summed E-state index contributed by atoms with van der Waals surface area (Å²) in [4.78, 5) is 12.7. The van der Waals surface area contributed by atoms with E-state index in [0.29, 0.717) is 10.6 Å². The van der Waals surface area contributed by atoms with Crippen molar-refractivity contribution in [2.24, 2.45) is 23.7 Å². The molecule has 3 saturated carbocycles. The average Bonchev–Trinajstić information content (AvgIpc) is 2.99. The van der Waals surface area contributed by atoms with E-state index in [0.717, 1.165) is 50.4 Å². The molecule has 3 atom stereocenters. The first-order valence-corrected chi connectivity index (χ1v) is 9.74. The molecule has 3 aliphatic carbocycles. The van der Waals surface area contributed by atoms with E-state index in [2.05, 4.69) is 5.32 Å². The molecule has 3 unspecified atom stereocenters. The minimum absolute atomic E-state index is 0.0496. The first-order valence-electron chi connectivity index (χ1n) is 8.98. The van der Waals surface area contributed by atoms with Gasteiger partial charge in [-0.1, -0.05) is 36.0 Å². The molecule has 3 aliphatic rings. The number of hydrogen-bond acceptors (Lipinski definition) is 1. The fraction of sp³-hybridized carbons (Fsp3) is 0.632. The maximum absolute atomic E-state index is 14.6. The maximum atomic E-state index is 14.6. The fourth-order valence-electron chi connectivity index (χ4n) is 4.75. The van der Waals surface area contributed by atoms with E-state index in [-0.39, 0.29) is 34.6 Å². The second-order valence-corrected chi connectivity index (χ2v) is 8.50. The quantitative estimate of drug-likeness (QED) is 0.694. The van der Waals surface area contributed by atoms with Crippen LogP contribution in [0.25, 0.3) is 0 Å². The minimum Gasteiger partial charge on any atom is -0.349 e. The summed E-state index contributed by atoms with van der Waals surface area (Å²) < 4.78 is 14.6. The van der Waals surface area contributed by atoms with Crippen molar-refractivity contribution >= 4 is 29.1 Å². The van der Waals surface area contributed by atoms with Gasteiger partial charge in [0.2, 0.25) is 5.91 Å². The highest BCUT2D eigenvalue weighted by Crippen LogP contribution is 2.57. The summed E-state index contributed by atoms with van der Waals surface area (Å²) in [6.07, 6.45) is 7.43. The first kappa shape index (κ1) is 16.7. The van der Waals surface area contributed by atoms with Crippen molar-refractivity contribution in [3.05, 3.63) is 33.6 Å². The largest absolute Gasteiger partial charge is 0.349 e. The van der Waals surface area contributed by atoms with Crippen LogP contribution in [0.2, 0.25) is 10.0 Å². The molecule has 130 valence electrons. The Morgan fingerprint density at radius 2 is 1.79 bits per heavy atom. The van der Waals surface area contributed by atoms with Gasteiger partial charge in [-0.15, -0.1) is 0 Å². The molecule has 1 aromatic rings. The van der Waals surface area contributed by atoms with Crippen LogP contribution in [0.4, 0.5) is 4.39 Å². The van der Waals surface area contributed by atoms with E-state index in [1.54, 1.807) is 0 Å². The van der Waals surface area contributed by atoms with Crippen LogP contribution >= 0.6 is 23.2 Å². The van der Waals surface area contributed by atoms with Crippen molar-refractivity contribution in [3.63, 3.8) is 0 Å². The average molecular weight is 370 g/mol. The van der Waals surface area contributed by atoms with Crippen LogP contribution in [-0.4, -0.2) is 5.91 Å². The molecule has 1 N–H and O–H groups in total. The van der Waals surface area contributed by atoms with E-state index < -0.39 is 0 Å². The third-order valence-electron chi connectivity index (χ3n) is 6.17. The zero-order valence-corrected chi connectivity index (χ0v) is 15.0. The molecule has 1 amide bonds. The predicted molar refractivity (Wildman–Crippen MR) is 93.6 cm³/mol. The number of amides is 1. The summed E-state index contributed by atoms with van der Waals surface area (Å²) in [5, 5.41) is 3.73. The standard InChI is InChI=1S/C19H22Cl2FNO/c20-14-5-6-15(22)16(17(14)21)18(13-8-11-7-12(11)9-13)23-19(24)10-3-1-2-4-10/h5-6,10-13,18H,1-4,7-9H2,(H,23,24). The van der Waals surface area contributed by atoms with Crippen LogP contribution < -0.4 is 5.32 Å². The van der Waals surface area contributed by atoms with Crippen LogP contribution in [0.15, 0.2) is 12.1 Å². The van der Waals surface area contributed by atoms with Crippen molar-refractivity contribution in [2.75, 3.05) is 0 Å². The number of carbonyl (C=O) groups is 1. The van der Waals surface area contributed by atoms with Gasteiger partial charge < -0.3 is 5.32 Å². The highest BCUT2D eigenvalue weighted by atomic mass is 35.5. The molecule has 0 aliphatic heterocycles. The van der Waals surface area contributed by atoms with Crippen LogP contribution in [-0.2, 0) is 4.79 Å². The summed E-state index contributed by atoms with van der Waals surface area (Å²) in [6.45, 7) is 0. The zero-order valence-electron chi connectivity index (χ0n) is 13.5. The molecule has 4 rings (SSSR count). The first-order chi connectivity index (χ1) is 11.5. The van der Waals surface area contributed by atoms with Crippen LogP contribution in [0.3, 0.4) is 0 Å². The van der Waals surface area contributed by atoms with E-state index in [9.17, 15) is 9.18 Å². The number of benzene rings is 1. The summed E-state index contributed by atoms with van der Waals surface area (Å²) in [5.74, 6) is 1.49. The number of rotatable bonds is 4. The predicted octanol–water partition coefficient (Wildman–Crippen LogP) is 5.53. The number of carbonyl (C=O) groups excluding carboxylic acids is 1. The molecule has 0 saturated heterocycles. The molecule has 5 heteroatoms. The molecule has 0 aromatic heterocycles. The Hall–Kier alpha value is -0.800. The van der Waals surface area contributed by atoms with Gasteiger partial charge in [0.15, 0.2) is 0 Å². The summed E-state index contributed by atoms with van der Waals surface area (Å²) in [7, 11) is 0. The van der Waals surface area contributed by atoms with Crippen molar-refractivity contribution in [2.45, 2.75) is 51.0 Å². The SMILES string of the molecule is O=C(NC(c1c(F)ccc(Cl)c1Cl)C1CC2CC2C1)C1CCCC1. The van der Waals surface area contributed by atoms with Gasteiger partial charge in [-0.3, -0.25) is 4.79 Å². The second-order valence-electron chi connectivity index (χ2n) is 7.71. The number of nitrogens with one attached hydrogen (secondary N) is 1. The third kappa shape index (κ3) is 3.06. The van der Waals surface area contributed by atoms with E-state index in [1.807, 2.05) is 0 Å². The Morgan fingerprint density at radius 3 is 2.46 bits per heavy atom. The third-order valence-corrected chi connectivity index (χ3v) is 6.98. The van der Waals surface area contributed by atoms with Crippen molar-refractivity contribution in [1.29, 1.82) is 0 Å². The maximum Gasteiger partial charge on any atom is 0.223 e. The number of halogens is 3. The molecule has 24 heavy (non-hydrogen) atoms.